The van der Waals surface area contributed by atoms with E-state index in [-0.39, 0.29) is 17.8 Å². The van der Waals surface area contributed by atoms with Gasteiger partial charge in [-0.2, -0.15) is 0 Å². The molecule has 3 saturated heterocycles. The van der Waals surface area contributed by atoms with Crippen LogP contribution in [0.25, 0.3) is 0 Å². The highest BCUT2D eigenvalue weighted by atomic mass is 16.6. The Kier molecular flexibility index (Phi) is 15.4. The van der Waals surface area contributed by atoms with Crippen LogP contribution < -0.4 is 5.32 Å². The Hall–Kier alpha value is -1.58. The number of hydrogen-bond donors (Lipinski definition) is 1. The van der Waals surface area contributed by atoms with Crippen molar-refractivity contribution in [2.75, 3.05) is 52.4 Å². The van der Waals surface area contributed by atoms with Gasteiger partial charge in [0.1, 0.15) is 11.2 Å². The molecular formula is C32H65N5O4. The Morgan fingerprint density at radius 1 is 0.707 bits per heavy atom. The van der Waals surface area contributed by atoms with Gasteiger partial charge in [0.2, 0.25) is 0 Å². The maximum Gasteiger partial charge on any atom is 0.410 e. The second-order valence-corrected chi connectivity index (χ2v) is 14.7. The minimum Gasteiger partial charge on any atom is -0.444 e. The predicted octanol–water partition coefficient (Wildman–Crippen LogP) is 5.68. The summed E-state index contributed by atoms with van der Waals surface area (Å²) >= 11 is 0. The van der Waals surface area contributed by atoms with Crippen molar-refractivity contribution in [3.63, 3.8) is 0 Å². The van der Waals surface area contributed by atoms with Crippen LogP contribution in [-0.4, -0.2) is 120 Å². The number of carbonyl (C=O) groups is 2. The number of nitrogens with zero attached hydrogens (tertiary/aromatic N) is 4. The first-order valence-corrected chi connectivity index (χ1v) is 16.0. The second kappa shape index (κ2) is 16.9. The highest BCUT2D eigenvalue weighted by Crippen LogP contribution is 2.19. The molecule has 0 saturated carbocycles. The number of ether oxygens (including phenoxy) is 2. The summed E-state index contributed by atoms with van der Waals surface area (Å²) < 4.78 is 10.7. The van der Waals surface area contributed by atoms with Crippen molar-refractivity contribution in [3.05, 3.63) is 0 Å². The van der Waals surface area contributed by atoms with Crippen LogP contribution in [0.15, 0.2) is 0 Å². The first-order valence-electron chi connectivity index (χ1n) is 16.0. The van der Waals surface area contributed by atoms with Crippen molar-refractivity contribution in [1.29, 1.82) is 0 Å². The summed E-state index contributed by atoms with van der Waals surface area (Å²) in [5, 5.41) is 3.38. The zero-order chi connectivity index (χ0) is 31.5. The zero-order valence-electron chi connectivity index (χ0n) is 28.9. The molecule has 0 unspecified atom stereocenters. The molecule has 0 aliphatic carbocycles. The Bertz CT molecular complexity index is 777. The number of carbonyl (C=O) groups excluding carboxylic acids is 2. The molecule has 3 fully saturated rings. The summed E-state index contributed by atoms with van der Waals surface area (Å²) in [6.07, 6.45) is 1.97. The molecule has 3 aliphatic heterocycles. The van der Waals surface area contributed by atoms with E-state index in [0.29, 0.717) is 30.1 Å². The third-order valence-corrected chi connectivity index (χ3v) is 7.52. The number of nitrogens with one attached hydrogen (secondary N) is 1. The van der Waals surface area contributed by atoms with Gasteiger partial charge >= 0.3 is 12.2 Å². The second-order valence-electron chi connectivity index (χ2n) is 14.7. The fourth-order valence-corrected chi connectivity index (χ4v) is 5.54. The van der Waals surface area contributed by atoms with Gasteiger partial charge in [-0.1, -0.05) is 6.92 Å². The molecule has 242 valence electrons. The van der Waals surface area contributed by atoms with Crippen LogP contribution in [0, 0.1) is 5.92 Å². The SMILES string of the molecule is CC(C)N1CCN(C(=O)OC(C)(C)C)C[C@@H]1C.CC(C)N1CCNC[C@@H]1C.C[C@@H]1CCCN(C(=O)OC(C)(C)C)C1. The van der Waals surface area contributed by atoms with E-state index >= 15 is 0 Å². The van der Waals surface area contributed by atoms with E-state index in [4.69, 9.17) is 9.47 Å². The van der Waals surface area contributed by atoms with Crippen LogP contribution in [0.2, 0.25) is 0 Å². The fourth-order valence-electron chi connectivity index (χ4n) is 5.54. The lowest BCUT2D eigenvalue weighted by Gasteiger charge is -2.42. The van der Waals surface area contributed by atoms with E-state index in [1.165, 1.54) is 13.0 Å². The lowest BCUT2D eigenvalue weighted by molar-refractivity contribution is 0.000811. The first-order chi connectivity index (χ1) is 18.8. The standard InChI is InChI=1S/C13H26N2O2.C11H21NO2.C8H18N2/c1-10(2)15-8-7-14(9-11(15)3)12(16)17-13(4,5)6;1-9-6-5-7-12(8-9)10(13)14-11(2,3)4;1-7(2)10-5-4-9-6-8(10)3/h10-11H,7-9H2,1-6H3;9H,5-8H2,1-4H3;7-9H,4-6H2,1-3H3/t11-;9-;8-/m010/s1. The van der Waals surface area contributed by atoms with Gasteiger partial charge in [0.25, 0.3) is 0 Å². The molecule has 9 nitrogen and oxygen atoms in total. The topological polar surface area (TPSA) is 77.6 Å². The number of piperazine rings is 2. The molecule has 3 rings (SSSR count). The lowest BCUT2D eigenvalue weighted by Crippen LogP contribution is -2.56. The van der Waals surface area contributed by atoms with Gasteiger partial charge in [0, 0.05) is 76.5 Å². The molecule has 0 aromatic rings. The smallest absolute Gasteiger partial charge is 0.410 e. The number of rotatable bonds is 2. The van der Waals surface area contributed by atoms with E-state index in [1.54, 1.807) is 0 Å². The van der Waals surface area contributed by atoms with Crippen LogP contribution in [0.4, 0.5) is 9.59 Å². The normalized spacial score (nSPS) is 24.7. The average molecular weight is 584 g/mol. The van der Waals surface area contributed by atoms with Gasteiger partial charge in [-0.25, -0.2) is 9.59 Å². The molecule has 0 spiro atoms. The Labute approximate surface area is 252 Å². The maximum absolute atomic E-state index is 11.9. The van der Waals surface area contributed by atoms with Gasteiger partial charge in [-0.15, -0.1) is 0 Å². The van der Waals surface area contributed by atoms with Crippen molar-refractivity contribution >= 4 is 12.2 Å². The van der Waals surface area contributed by atoms with E-state index in [1.807, 2.05) is 51.3 Å². The first kappa shape index (κ1) is 37.4. The highest BCUT2D eigenvalue weighted by Gasteiger charge is 2.30. The summed E-state index contributed by atoms with van der Waals surface area (Å²) in [7, 11) is 0. The van der Waals surface area contributed by atoms with Gasteiger partial charge in [0.05, 0.1) is 0 Å². The number of piperidine rings is 1. The van der Waals surface area contributed by atoms with Crippen LogP contribution in [-0.2, 0) is 9.47 Å². The molecule has 0 aromatic heterocycles. The molecule has 0 aromatic carbocycles. The highest BCUT2D eigenvalue weighted by molar-refractivity contribution is 5.68. The predicted molar refractivity (Wildman–Crippen MR) is 169 cm³/mol. The van der Waals surface area contributed by atoms with Gasteiger partial charge in [0.15, 0.2) is 0 Å². The minimum absolute atomic E-state index is 0.163. The Morgan fingerprint density at radius 2 is 1.20 bits per heavy atom. The van der Waals surface area contributed by atoms with Gasteiger partial charge in [-0.05, 0) is 102 Å². The Balaban J connectivity index is 0.000000318. The van der Waals surface area contributed by atoms with Crippen LogP contribution in [0.3, 0.4) is 0 Å². The monoisotopic (exact) mass is 584 g/mol. The Morgan fingerprint density at radius 3 is 1.59 bits per heavy atom. The van der Waals surface area contributed by atoms with Gasteiger partial charge < -0.3 is 24.6 Å². The fraction of sp³-hybridized carbons (Fsp3) is 0.938. The van der Waals surface area contributed by atoms with Crippen LogP contribution in [0.1, 0.15) is 103 Å². The molecule has 3 aliphatic rings. The third-order valence-electron chi connectivity index (χ3n) is 7.52. The molecule has 41 heavy (non-hydrogen) atoms. The molecule has 0 bridgehead atoms. The summed E-state index contributed by atoms with van der Waals surface area (Å²) in [6, 6.07) is 2.35. The van der Waals surface area contributed by atoms with Crippen LogP contribution >= 0.6 is 0 Å². The molecule has 3 heterocycles. The van der Waals surface area contributed by atoms with E-state index in [9.17, 15) is 9.59 Å². The third kappa shape index (κ3) is 14.9. The quantitative estimate of drug-likeness (QED) is 0.448. The number of amides is 2. The average Bonchev–Trinajstić information content (AvgIpc) is 2.82. The molecule has 3 atom stereocenters. The summed E-state index contributed by atoms with van der Waals surface area (Å²) in [4.78, 5) is 32.2. The van der Waals surface area contributed by atoms with Gasteiger partial charge in [-0.3, -0.25) is 9.80 Å². The molecule has 2 amide bonds. The van der Waals surface area contributed by atoms with Crippen molar-refractivity contribution in [2.24, 2.45) is 5.92 Å². The summed E-state index contributed by atoms with van der Waals surface area (Å²) in [5.74, 6) is 0.608. The molecular weight excluding hydrogens is 518 g/mol. The van der Waals surface area contributed by atoms with Crippen LogP contribution in [0.5, 0.6) is 0 Å². The number of likely N-dealkylation sites (tertiary alicyclic amines) is 1. The van der Waals surface area contributed by atoms with Crippen molar-refractivity contribution < 1.29 is 19.1 Å². The van der Waals surface area contributed by atoms with E-state index in [2.05, 4.69) is 63.6 Å². The van der Waals surface area contributed by atoms with Crippen molar-refractivity contribution in [2.45, 2.75) is 138 Å². The zero-order valence-corrected chi connectivity index (χ0v) is 28.9. The summed E-state index contributed by atoms with van der Waals surface area (Å²) in [5.41, 5.74) is -0.784. The molecule has 1 N–H and O–H groups in total. The molecule has 0 radical (unpaired) electrons. The maximum atomic E-state index is 11.9. The van der Waals surface area contributed by atoms with E-state index < -0.39 is 5.60 Å². The molecule has 9 heteroatoms. The van der Waals surface area contributed by atoms with Crippen molar-refractivity contribution in [3.8, 4) is 0 Å². The van der Waals surface area contributed by atoms with E-state index in [0.717, 1.165) is 52.2 Å². The minimum atomic E-state index is -0.407. The number of hydrogen-bond acceptors (Lipinski definition) is 7. The lowest BCUT2D eigenvalue weighted by atomic mass is 10.0. The largest absolute Gasteiger partial charge is 0.444 e. The van der Waals surface area contributed by atoms with Crippen molar-refractivity contribution in [1.82, 2.24) is 24.9 Å². The summed E-state index contributed by atoms with van der Waals surface area (Å²) in [6.45, 7) is 34.6.